The van der Waals surface area contributed by atoms with E-state index in [0.29, 0.717) is 6.20 Å². The van der Waals surface area contributed by atoms with E-state index in [-0.39, 0.29) is 0 Å². The Morgan fingerprint density at radius 2 is 2.08 bits per heavy atom. The van der Waals surface area contributed by atoms with E-state index in [2.05, 4.69) is 0 Å². The molecule has 1 aromatic heterocycles. The quantitative estimate of drug-likeness (QED) is 0.679. The zero-order chi connectivity index (χ0) is 9.30. The van der Waals surface area contributed by atoms with Crippen molar-refractivity contribution in [3.8, 4) is 5.75 Å². The van der Waals surface area contributed by atoms with Crippen LogP contribution in [0, 0.1) is 5.82 Å². The topological polar surface area (TPSA) is 53.1 Å². The fraction of sp³-hybridized carbons (Fsp3) is 0.167. The molecule has 0 aliphatic rings. The predicted octanol–water partition coefficient (Wildman–Crippen LogP) is 1.16. The summed E-state index contributed by atoms with van der Waals surface area (Å²) in [5.74, 6) is -2.57. The zero-order valence-electron chi connectivity index (χ0n) is 5.64. The van der Waals surface area contributed by atoms with Gasteiger partial charge in [0.1, 0.15) is 5.56 Å². The highest BCUT2D eigenvalue weighted by molar-refractivity contribution is 5.30. The number of H-pyrrole nitrogens is 1. The molecule has 2 N–H and O–H groups in total. The summed E-state index contributed by atoms with van der Waals surface area (Å²) in [6, 6.07) is 0. The third-order valence-electron chi connectivity index (χ3n) is 1.27. The van der Waals surface area contributed by atoms with Crippen molar-refractivity contribution in [2.24, 2.45) is 0 Å². The largest absolute Gasteiger partial charge is 0.504 e. The van der Waals surface area contributed by atoms with Gasteiger partial charge >= 0.3 is 0 Å². The predicted molar refractivity (Wildman–Crippen MR) is 33.6 cm³/mol. The van der Waals surface area contributed by atoms with Crippen LogP contribution in [0.3, 0.4) is 0 Å². The Labute approximate surface area is 64.5 Å². The average Bonchev–Trinajstić information content (AvgIpc) is 1.97. The van der Waals surface area contributed by atoms with Gasteiger partial charge in [-0.25, -0.2) is 13.2 Å². The standard InChI is InChI=1S/C6H4F3NO2/c7-2-1-10-6(12)3(4(2)11)5(8)9/h1,5H,(H2,10,11,12). The lowest BCUT2D eigenvalue weighted by atomic mass is 10.2. The second-order valence-electron chi connectivity index (χ2n) is 2.03. The van der Waals surface area contributed by atoms with E-state index in [4.69, 9.17) is 5.11 Å². The Balaban J connectivity index is 3.43. The Bertz CT molecular complexity index is 347. The number of pyridine rings is 1. The second-order valence-corrected chi connectivity index (χ2v) is 2.03. The molecule has 1 aromatic rings. The summed E-state index contributed by atoms with van der Waals surface area (Å²) in [6.45, 7) is 0. The Morgan fingerprint density at radius 3 is 2.50 bits per heavy atom. The van der Waals surface area contributed by atoms with Crippen LogP contribution in [0.4, 0.5) is 13.2 Å². The van der Waals surface area contributed by atoms with E-state index in [0.717, 1.165) is 0 Å². The van der Waals surface area contributed by atoms with Crippen LogP contribution in [0.5, 0.6) is 5.75 Å². The molecule has 3 nitrogen and oxygen atoms in total. The van der Waals surface area contributed by atoms with Gasteiger partial charge in [0.05, 0.1) is 0 Å². The first-order chi connectivity index (χ1) is 5.54. The third kappa shape index (κ3) is 1.27. The van der Waals surface area contributed by atoms with Gasteiger partial charge < -0.3 is 10.1 Å². The fourth-order valence-corrected chi connectivity index (χ4v) is 0.714. The highest BCUT2D eigenvalue weighted by atomic mass is 19.3. The minimum Gasteiger partial charge on any atom is -0.504 e. The van der Waals surface area contributed by atoms with Crippen molar-refractivity contribution >= 4 is 0 Å². The first-order valence-electron chi connectivity index (χ1n) is 2.92. The normalized spacial score (nSPS) is 10.7. The summed E-state index contributed by atoms with van der Waals surface area (Å²) in [5.41, 5.74) is -2.43. The third-order valence-corrected chi connectivity index (χ3v) is 1.27. The lowest BCUT2D eigenvalue weighted by Gasteiger charge is -2.01. The van der Waals surface area contributed by atoms with Crippen molar-refractivity contribution in [3.05, 3.63) is 27.9 Å². The number of hydrogen-bond donors (Lipinski definition) is 2. The number of hydrogen-bond acceptors (Lipinski definition) is 2. The molecule has 0 atom stereocenters. The van der Waals surface area contributed by atoms with Crippen molar-refractivity contribution in [3.63, 3.8) is 0 Å². The molecule has 0 aliphatic heterocycles. The molecule has 66 valence electrons. The molecular formula is C6H4F3NO2. The molecule has 0 bridgehead atoms. The molecule has 1 heterocycles. The monoisotopic (exact) mass is 179 g/mol. The summed E-state index contributed by atoms with van der Waals surface area (Å²) >= 11 is 0. The number of aromatic nitrogens is 1. The second kappa shape index (κ2) is 2.88. The highest BCUT2D eigenvalue weighted by Crippen LogP contribution is 2.25. The number of aromatic hydroxyl groups is 1. The Hall–Kier alpha value is -1.46. The number of rotatable bonds is 1. The van der Waals surface area contributed by atoms with Crippen LogP contribution in [-0.2, 0) is 0 Å². The molecular weight excluding hydrogens is 175 g/mol. The number of nitrogens with one attached hydrogen (secondary N) is 1. The smallest absolute Gasteiger partial charge is 0.272 e. The van der Waals surface area contributed by atoms with Crippen LogP contribution in [0.2, 0.25) is 0 Å². The fourth-order valence-electron chi connectivity index (χ4n) is 0.714. The number of alkyl halides is 2. The number of halogens is 3. The van der Waals surface area contributed by atoms with Crippen LogP contribution in [0.25, 0.3) is 0 Å². The van der Waals surface area contributed by atoms with Crippen molar-refractivity contribution < 1.29 is 18.3 Å². The molecule has 0 saturated carbocycles. The van der Waals surface area contributed by atoms with Crippen molar-refractivity contribution in [1.29, 1.82) is 0 Å². The van der Waals surface area contributed by atoms with E-state index in [1.165, 1.54) is 0 Å². The molecule has 0 fully saturated rings. The molecule has 0 amide bonds. The highest BCUT2D eigenvalue weighted by Gasteiger charge is 2.20. The summed E-state index contributed by atoms with van der Waals surface area (Å²) in [7, 11) is 0. The van der Waals surface area contributed by atoms with Gasteiger partial charge in [-0.15, -0.1) is 0 Å². The summed E-state index contributed by atoms with van der Waals surface area (Å²) in [6.07, 6.45) is -2.67. The summed E-state index contributed by atoms with van der Waals surface area (Å²) in [4.78, 5) is 12.3. The van der Waals surface area contributed by atoms with Crippen molar-refractivity contribution in [2.75, 3.05) is 0 Å². The van der Waals surface area contributed by atoms with E-state index in [9.17, 15) is 18.0 Å². The first kappa shape index (κ1) is 8.63. The van der Waals surface area contributed by atoms with Gasteiger partial charge in [0, 0.05) is 6.20 Å². The molecule has 0 aromatic carbocycles. The van der Waals surface area contributed by atoms with Crippen LogP contribution in [0.1, 0.15) is 12.0 Å². The molecule has 0 aliphatic carbocycles. The minimum absolute atomic E-state index is 0.517. The van der Waals surface area contributed by atoms with Crippen LogP contribution >= 0.6 is 0 Å². The molecule has 0 spiro atoms. The van der Waals surface area contributed by atoms with Gasteiger partial charge in [0.25, 0.3) is 12.0 Å². The molecule has 12 heavy (non-hydrogen) atoms. The van der Waals surface area contributed by atoms with Crippen molar-refractivity contribution in [1.82, 2.24) is 4.98 Å². The summed E-state index contributed by atoms with van der Waals surface area (Å²) in [5, 5.41) is 8.67. The molecule has 1 rings (SSSR count). The van der Waals surface area contributed by atoms with Gasteiger partial charge in [-0.1, -0.05) is 0 Å². The summed E-state index contributed by atoms with van der Waals surface area (Å²) < 4.78 is 36.2. The molecule has 0 unspecified atom stereocenters. The lowest BCUT2D eigenvalue weighted by molar-refractivity contribution is 0.144. The molecule has 0 radical (unpaired) electrons. The number of aromatic amines is 1. The maximum atomic E-state index is 12.4. The van der Waals surface area contributed by atoms with Crippen LogP contribution in [0.15, 0.2) is 11.0 Å². The van der Waals surface area contributed by atoms with E-state index < -0.39 is 29.1 Å². The van der Waals surface area contributed by atoms with Gasteiger partial charge in [-0.2, -0.15) is 0 Å². The lowest BCUT2D eigenvalue weighted by Crippen LogP contribution is -2.13. The van der Waals surface area contributed by atoms with Gasteiger partial charge in [-0.3, -0.25) is 4.79 Å². The molecule has 0 saturated heterocycles. The SMILES string of the molecule is O=c1[nH]cc(F)c(O)c1C(F)F. The zero-order valence-corrected chi connectivity index (χ0v) is 5.64. The van der Waals surface area contributed by atoms with E-state index in [1.807, 2.05) is 0 Å². The van der Waals surface area contributed by atoms with E-state index in [1.54, 1.807) is 4.98 Å². The average molecular weight is 179 g/mol. The maximum absolute atomic E-state index is 12.4. The molecule has 6 heteroatoms. The first-order valence-corrected chi connectivity index (χ1v) is 2.92. The van der Waals surface area contributed by atoms with E-state index >= 15 is 0 Å². The van der Waals surface area contributed by atoms with Crippen molar-refractivity contribution in [2.45, 2.75) is 6.43 Å². The van der Waals surface area contributed by atoms with Gasteiger partial charge in [0.15, 0.2) is 11.6 Å². The van der Waals surface area contributed by atoms with Crippen LogP contribution < -0.4 is 5.56 Å². The minimum atomic E-state index is -3.19. The maximum Gasteiger partial charge on any atom is 0.272 e. The van der Waals surface area contributed by atoms with Crippen LogP contribution in [-0.4, -0.2) is 10.1 Å². The van der Waals surface area contributed by atoms with Gasteiger partial charge in [-0.05, 0) is 0 Å². The Kier molecular flexibility index (Phi) is 2.07. The van der Waals surface area contributed by atoms with Gasteiger partial charge in [0.2, 0.25) is 0 Å². The Morgan fingerprint density at radius 1 is 1.50 bits per heavy atom.